The molecule has 14 heavy (non-hydrogen) atoms. The number of nitrogens with one attached hydrogen (secondary N) is 1. The van der Waals surface area contributed by atoms with Crippen LogP contribution in [-0.4, -0.2) is 4.98 Å². The first kappa shape index (κ1) is 9.74. The highest BCUT2D eigenvalue weighted by Gasteiger charge is 2.10. The second-order valence-electron chi connectivity index (χ2n) is 3.54. The van der Waals surface area contributed by atoms with E-state index in [-0.39, 0.29) is 0 Å². The zero-order valence-corrected chi connectivity index (χ0v) is 9.50. The minimum atomic E-state index is 0.366. The second-order valence-corrected chi connectivity index (χ2v) is 4.35. The quantitative estimate of drug-likeness (QED) is 0.738. The van der Waals surface area contributed by atoms with Gasteiger partial charge >= 0.3 is 0 Å². The van der Waals surface area contributed by atoms with Crippen LogP contribution in [0.1, 0.15) is 25.3 Å². The number of halogens is 1. The van der Waals surface area contributed by atoms with Crippen molar-refractivity contribution in [2.45, 2.75) is 19.8 Å². The maximum absolute atomic E-state index is 5.98. The van der Waals surface area contributed by atoms with Crippen molar-refractivity contribution in [3.8, 4) is 0 Å². The Morgan fingerprint density at radius 2 is 2.14 bits per heavy atom. The van der Waals surface area contributed by atoms with Gasteiger partial charge in [0.1, 0.15) is 0 Å². The highest BCUT2D eigenvalue weighted by Crippen LogP contribution is 2.28. The van der Waals surface area contributed by atoms with Crippen molar-refractivity contribution in [1.82, 2.24) is 4.98 Å². The van der Waals surface area contributed by atoms with Gasteiger partial charge in [0.15, 0.2) is 5.58 Å². The normalized spacial score (nSPS) is 11.4. The lowest BCUT2D eigenvalue weighted by molar-refractivity contribution is 0.577. The van der Waals surface area contributed by atoms with Crippen LogP contribution < -0.4 is 0 Å². The number of fused-ring (bicyclic) bond motifs is 1. The molecule has 0 aliphatic carbocycles. The summed E-state index contributed by atoms with van der Waals surface area (Å²) < 4.78 is 5.42. The predicted octanol–water partition coefficient (Wildman–Crippen LogP) is 4.27. The fourth-order valence-corrected chi connectivity index (χ4v) is 1.90. The van der Waals surface area contributed by atoms with Crippen LogP contribution >= 0.6 is 23.8 Å². The largest absolute Gasteiger partial charge is 0.429 e. The van der Waals surface area contributed by atoms with Gasteiger partial charge in [-0.1, -0.05) is 25.4 Å². The fraction of sp³-hybridized carbons (Fsp3) is 0.300. The summed E-state index contributed by atoms with van der Waals surface area (Å²) >= 11 is 10.9. The third-order valence-electron chi connectivity index (χ3n) is 2.14. The minimum Gasteiger partial charge on any atom is -0.429 e. The van der Waals surface area contributed by atoms with Gasteiger partial charge in [-0.25, -0.2) is 0 Å². The summed E-state index contributed by atoms with van der Waals surface area (Å²) in [5.41, 5.74) is 2.76. The van der Waals surface area contributed by atoms with E-state index in [1.54, 1.807) is 0 Å². The molecule has 1 heterocycles. The molecule has 0 radical (unpaired) electrons. The highest BCUT2D eigenvalue weighted by atomic mass is 35.5. The Hall–Kier alpha value is -0.800. The number of hydrogen-bond acceptors (Lipinski definition) is 2. The van der Waals surface area contributed by atoms with E-state index in [1.807, 2.05) is 12.1 Å². The van der Waals surface area contributed by atoms with Gasteiger partial charge in [-0.05, 0) is 30.3 Å². The molecule has 2 nitrogen and oxygen atoms in total. The smallest absolute Gasteiger partial charge is 0.266 e. The van der Waals surface area contributed by atoms with Crippen molar-refractivity contribution >= 4 is 34.9 Å². The van der Waals surface area contributed by atoms with E-state index in [0.717, 1.165) is 16.7 Å². The zero-order valence-electron chi connectivity index (χ0n) is 7.93. The van der Waals surface area contributed by atoms with Gasteiger partial charge in [0.25, 0.3) is 4.84 Å². The Morgan fingerprint density at radius 3 is 2.79 bits per heavy atom. The standard InChI is InChI=1S/C10H10ClNOS/c1-5(2)7-3-6(11)4-8-9(7)13-10(14)12-8/h3-5H,1-2H3,(H,12,14). The molecular formula is C10H10ClNOS. The number of H-pyrrole nitrogens is 1. The molecule has 0 bridgehead atoms. The Morgan fingerprint density at radius 1 is 1.43 bits per heavy atom. The molecule has 4 heteroatoms. The summed E-state index contributed by atoms with van der Waals surface area (Å²) in [6, 6.07) is 3.74. The van der Waals surface area contributed by atoms with E-state index in [9.17, 15) is 0 Å². The van der Waals surface area contributed by atoms with E-state index < -0.39 is 0 Å². The summed E-state index contributed by atoms with van der Waals surface area (Å²) in [7, 11) is 0. The lowest BCUT2D eigenvalue weighted by atomic mass is 10.0. The molecule has 0 saturated heterocycles. The summed E-state index contributed by atoms with van der Waals surface area (Å²) in [6.45, 7) is 4.19. The maximum Gasteiger partial charge on any atom is 0.266 e. The van der Waals surface area contributed by atoms with Crippen molar-refractivity contribution in [2.75, 3.05) is 0 Å². The lowest BCUT2D eigenvalue weighted by Crippen LogP contribution is -1.87. The zero-order chi connectivity index (χ0) is 10.3. The summed E-state index contributed by atoms with van der Waals surface area (Å²) in [5.74, 6) is 0.366. The van der Waals surface area contributed by atoms with Crippen LogP contribution in [0.5, 0.6) is 0 Å². The SMILES string of the molecule is CC(C)c1cc(Cl)cc2[nH]c(=S)oc12. The molecule has 1 aromatic carbocycles. The number of benzene rings is 1. The van der Waals surface area contributed by atoms with Gasteiger partial charge in [0, 0.05) is 10.6 Å². The van der Waals surface area contributed by atoms with Crippen LogP contribution in [-0.2, 0) is 0 Å². The number of aromatic amines is 1. The average molecular weight is 228 g/mol. The molecule has 2 rings (SSSR count). The molecule has 0 amide bonds. The lowest BCUT2D eigenvalue weighted by Gasteiger charge is -2.05. The molecule has 1 aromatic heterocycles. The van der Waals surface area contributed by atoms with Gasteiger partial charge < -0.3 is 9.40 Å². The van der Waals surface area contributed by atoms with Gasteiger partial charge in [0.05, 0.1) is 5.52 Å². The van der Waals surface area contributed by atoms with Crippen LogP contribution in [0.2, 0.25) is 5.02 Å². The number of rotatable bonds is 1. The molecule has 0 fully saturated rings. The molecule has 0 unspecified atom stereocenters. The van der Waals surface area contributed by atoms with Crippen LogP contribution in [0.3, 0.4) is 0 Å². The average Bonchev–Trinajstić information content (AvgIpc) is 2.42. The van der Waals surface area contributed by atoms with Crippen molar-refractivity contribution in [1.29, 1.82) is 0 Å². The van der Waals surface area contributed by atoms with E-state index in [1.165, 1.54) is 0 Å². The molecule has 0 aliphatic rings. The molecule has 1 N–H and O–H groups in total. The number of aromatic nitrogens is 1. The monoisotopic (exact) mass is 227 g/mol. The van der Waals surface area contributed by atoms with Crippen LogP contribution in [0.15, 0.2) is 16.5 Å². The summed E-state index contributed by atoms with van der Waals surface area (Å²) in [6.07, 6.45) is 0. The van der Waals surface area contributed by atoms with Gasteiger partial charge in [0.2, 0.25) is 0 Å². The molecule has 0 spiro atoms. The summed E-state index contributed by atoms with van der Waals surface area (Å²) in [5, 5.41) is 0.702. The van der Waals surface area contributed by atoms with Crippen molar-refractivity contribution < 1.29 is 4.42 Å². The molecule has 74 valence electrons. The van der Waals surface area contributed by atoms with Crippen LogP contribution in [0.25, 0.3) is 11.1 Å². The number of hydrogen-bond donors (Lipinski definition) is 1. The highest BCUT2D eigenvalue weighted by molar-refractivity contribution is 7.71. The van der Waals surface area contributed by atoms with E-state index in [4.69, 9.17) is 28.2 Å². The predicted molar refractivity (Wildman–Crippen MR) is 60.5 cm³/mol. The second kappa shape index (κ2) is 3.41. The van der Waals surface area contributed by atoms with Crippen molar-refractivity contribution in [3.63, 3.8) is 0 Å². The topological polar surface area (TPSA) is 28.9 Å². The van der Waals surface area contributed by atoms with Crippen molar-refractivity contribution in [2.24, 2.45) is 0 Å². The first-order valence-electron chi connectivity index (χ1n) is 4.40. The molecule has 0 saturated carbocycles. The first-order valence-corrected chi connectivity index (χ1v) is 5.19. The molecular weight excluding hydrogens is 218 g/mol. The van der Waals surface area contributed by atoms with Gasteiger partial charge in [-0.3, -0.25) is 0 Å². The first-order chi connectivity index (χ1) is 6.58. The third-order valence-corrected chi connectivity index (χ3v) is 2.54. The minimum absolute atomic E-state index is 0.366. The Balaban J connectivity index is 2.85. The summed E-state index contributed by atoms with van der Waals surface area (Å²) in [4.78, 5) is 3.35. The third kappa shape index (κ3) is 1.57. The Kier molecular flexibility index (Phi) is 2.37. The van der Waals surface area contributed by atoms with Crippen LogP contribution in [0, 0.1) is 4.84 Å². The maximum atomic E-state index is 5.98. The molecule has 2 aromatic rings. The van der Waals surface area contributed by atoms with Gasteiger partial charge in [-0.15, -0.1) is 0 Å². The van der Waals surface area contributed by atoms with E-state index in [2.05, 4.69) is 18.8 Å². The fourth-order valence-electron chi connectivity index (χ4n) is 1.48. The molecule has 0 atom stereocenters. The van der Waals surface area contributed by atoms with Crippen molar-refractivity contribution in [3.05, 3.63) is 27.6 Å². The Labute approximate surface area is 91.9 Å². The Bertz CT molecular complexity index is 526. The van der Waals surface area contributed by atoms with E-state index in [0.29, 0.717) is 15.8 Å². The van der Waals surface area contributed by atoms with Crippen LogP contribution in [0.4, 0.5) is 0 Å². The number of oxazole rings is 1. The van der Waals surface area contributed by atoms with E-state index >= 15 is 0 Å². The molecule has 0 aliphatic heterocycles. The van der Waals surface area contributed by atoms with Gasteiger partial charge in [-0.2, -0.15) is 0 Å².